The molecule has 0 aliphatic carbocycles. The highest BCUT2D eigenvalue weighted by Gasteiger charge is 2.12. The molecule has 0 saturated carbocycles. The first-order valence-electron chi connectivity index (χ1n) is 4.81. The normalized spacial score (nSPS) is 10.1. The molecule has 6 nitrogen and oxygen atoms in total. The van der Waals surface area contributed by atoms with Gasteiger partial charge in [-0.15, -0.1) is 11.3 Å². The fourth-order valence-corrected chi connectivity index (χ4v) is 1.93. The maximum Gasteiger partial charge on any atom is 0.277 e. The van der Waals surface area contributed by atoms with Crippen LogP contribution in [-0.4, -0.2) is 26.6 Å². The third kappa shape index (κ3) is 2.88. The van der Waals surface area contributed by atoms with E-state index in [0.29, 0.717) is 10.8 Å². The highest BCUT2D eigenvalue weighted by molar-refractivity contribution is 7.14. The monoisotopic (exact) mass is 282 g/mol. The highest BCUT2D eigenvalue weighted by atomic mass is 35.5. The van der Waals surface area contributed by atoms with Crippen molar-refractivity contribution in [1.82, 2.24) is 15.0 Å². The molecule has 1 N–H and O–H groups in total. The molecule has 18 heavy (non-hydrogen) atoms. The number of amides is 1. The Hall–Kier alpha value is -1.86. The molecule has 2 heterocycles. The molecule has 0 bridgehead atoms. The summed E-state index contributed by atoms with van der Waals surface area (Å²) < 4.78 is 0. The maximum atomic E-state index is 11.7. The number of Topliss-reactive ketones (excluding diaryl/α,β-unsaturated/α-hetero) is 1. The van der Waals surface area contributed by atoms with Gasteiger partial charge >= 0.3 is 0 Å². The predicted molar refractivity (Wildman–Crippen MR) is 67.1 cm³/mol. The second-order valence-corrected chi connectivity index (χ2v) is 4.52. The van der Waals surface area contributed by atoms with E-state index in [1.807, 2.05) is 0 Å². The van der Waals surface area contributed by atoms with Gasteiger partial charge in [0.2, 0.25) is 0 Å². The van der Waals surface area contributed by atoms with E-state index in [1.165, 1.54) is 30.7 Å². The lowest BCUT2D eigenvalue weighted by Crippen LogP contribution is -2.13. The van der Waals surface area contributed by atoms with Gasteiger partial charge in [0.05, 0.1) is 12.4 Å². The van der Waals surface area contributed by atoms with Gasteiger partial charge in [0, 0.05) is 12.3 Å². The van der Waals surface area contributed by atoms with Crippen molar-refractivity contribution in [3.63, 3.8) is 0 Å². The molecule has 2 rings (SSSR count). The van der Waals surface area contributed by atoms with Crippen LogP contribution in [0.1, 0.15) is 27.9 Å². The maximum absolute atomic E-state index is 11.7. The van der Waals surface area contributed by atoms with Crippen LogP contribution in [0.15, 0.2) is 17.8 Å². The largest absolute Gasteiger partial charge is 0.296 e. The third-order valence-electron chi connectivity index (χ3n) is 1.94. The van der Waals surface area contributed by atoms with Crippen molar-refractivity contribution < 1.29 is 9.59 Å². The van der Waals surface area contributed by atoms with Gasteiger partial charge in [-0.2, -0.15) is 0 Å². The smallest absolute Gasteiger partial charge is 0.277 e. The lowest BCUT2D eigenvalue weighted by atomic mass is 10.4. The Balaban J connectivity index is 2.11. The molecule has 2 aromatic heterocycles. The summed E-state index contributed by atoms with van der Waals surface area (Å²) in [5, 5.41) is 4.64. The number of aromatic nitrogens is 3. The van der Waals surface area contributed by atoms with Gasteiger partial charge in [0.1, 0.15) is 16.5 Å². The van der Waals surface area contributed by atoms with Crippen LogP contribution in [0, 0.1) is 0 Å². The Labute approximate surface area is 111 Å². The number of ketones is 1. The molecule has 0 saturated heterocycles. The molecule has 0 aromatic carbocycles. The zero-order valence-corrected chi connectivity index (χ0v) is 10.7. The third-order valence-corrected chi connectivity index (χ3v) is 2.89. The fraction of sp³-hybridized carbons (Fsp3) is 0.100. The molecule has 0 spiro atoms. The SMILES string of the molecule is CC(=O)c1csc(NC(=O)c2cnc(Cl)cn2)n1. The summed E-state index contributed by atoms with van der Waals surface area (Å²) in [5.41, 5.74) is 0.441. The van der Waals surface area contributed by atoms with Crippen LogP contribution >= 0.6 is 22.9 Å². The molecule has 2 aromatic rings. The summed E-state index contributed by atoms with van der Waals surface area (Å²) in [6.07, 6.45) is 2.54. The molecule has 0 fully saturated rings. The topological polar surface area (TPSA) is 84.8 Å². The number of thiazole rings is 1. The Bertz CT molecular complexity index is 596. The van der Waals surface area contributed by atoms with E-state index in [4.69, 9.17) is 11.6 Å². The predicted octanol–water partition coefficient (Wildman–Crippen LogP) is 2.04. The molecule has 0 unspecified atom stereocenters. The molecule has 92 valence electrons. The quantitative estimate of drug-likeness (QED) is 0.871. The van der Waals surface area contributed by atoms with Gasteiger partial charge in [-0.3, -0.25) is 14.9 Å². The first-order valence-corrected chi connectivity index (χ1v) is 6.07. The number of nitrogens with one attached hydrogen (secondary N) is 1. The van der Waals surface area contributed by atoms with Gasteiger partial charge in [-0.1, -0.05) is 11.6 Å². The van der Waals surface area contributed by atoms with Gasteiger partial charge < -0.3 is 0 Å². The number of halogens is 1. The highest BCUT2D eigenvalue weighted by Crippen LogP contribution is 2.16. The molecular formula is C10H7ClN4O2S. The number of hydrogen-bond donors (Lipinski definition) is 1. The number of anilines is 1. The van der Waals surface area contributed by atoms with E-state index >= 15 is 0 Å². The Morgan fingerprint density at radius 3 is 2.61 bits per heavy atom. The van der Waals surface area contributed by atoms with Gasteiger partial charge in [0.25, 0.3) is 5.91 Å². The molecular weight excluding hydrogens is 276 g/mol. The van der Waals surface area contributed by atoms with E-state index in [1.54, 1.807) is 5.38 Å². The molecule has 0 aliphatic heterocycles. The van der Waals surface area contributed by atoms with Crippen LogP contribution in [0.25, 0.3) is 0 Å². The minimum atomic E-state index is -0.455. The van der Waals surface area contributed by atoms with Crippen molar-refractivity contribution in [2.24, 2.45) is 0 Å². The number of hydrogen-bond acceptors (Lipinski definition) is 6. The van der Waals surface area contributed by atoms with Crippen molar-refractivity contribution in [3.8, 4) is 0 Å². The lowest BCUT2D eigenvalue weighted by Gasteiger charge is -1.99. The van der Waals surface area contributed by atoms with Crippen molar-refractivity contribution >= 4 is 39.8 Å². The van der Waals surface area contributed by atoms with Crippen LogP contribution in [0.3, 0.4) is 0 Å². The van der Waals surface area contributed by atoms with E-state index < -0.39 is 5.91 Å². The zero-order chi connectivity index (χ0) is 13.1. The Morgan fingerprint density at radius 2 is 2.06 bits per heavy atom. The van der Waals surface area contributed by atoms with Crippen molar-refractivity contribution in [1.29, 1.82) is 0 Å². The Morgan fingerprint density at radius 1 is 1.28 bits per heavy atom. The van der Waals surface area contributed by atoms with E-state index in [0.717, 1.165) is 0 Å². The first-order chi connectivity index (χ1) is 8.56. The second kappa shape index (κ2) is 5.19. The summed E-state index contributed by atoms with van der Waals surface area (Å²) in [4.78, 5) is 34.3. The van der Waals surface area contributed by atoms with E-state index in [9.17, 15) is 9.59 Å². The summed E-state index contributed by atoms with van der Waals surface area (Å²) in [6.45, 7) is 1.41. The van der Waals surface area contributed by atoms with Crippen LogP contribution in [0.2, 0.25) is 5.15 Å². The minimum Gasteiger partial charge on any atom is -0.296 e. The number of nitrogens with zero attached hydrogens (tertiary/aromatic N) is 3. The van der Waals surface area contributed by atoms with Crippen LogP contribution < -0.4 is 5.32 Å². The van der Waals surface area contributed by atoms with E-state index in [2.05, 4.69) is 20.3 Å². The number of carbonyl (C=O) groups excluding carboxylic acids is 2. The molecule has 0 aliphatic rings. The standard InChI is InChI=1S/C10H7ClN4O2S/c1-5(16)7-4-18-10(14-7)15-9(17)6-2-13-8(11)3-12-6/h2-4H,1H3,(H,14,15,17). The van der Waals surface area contributed by atoms with Crippen molar-refractivity contribution in [2.75, 3.05) is 5.32 Å². The van der Waals surface area contributed by atoms with Gasteiger partial charge in [0.15, 0.2) is 10.9 Å². The number of carbonyl (C=O) groups is 2. The Kier molecular flexibility index (Phi) is 3.63. The van der Waals surface area contributed by atoms with Crippen molar-refractivity contribution in [3.05, 3.63) is 34.3 Å². The average Bonchev–Trinajstić information content (AvgIpc) is 2.78. The molecule has 0 radical (unpaired) electrons. The van der Waals surface area contributed by atoms with E-state index in [-0.39, 0.29) is 16.6 Å². The molecule has 8 heteroatoms. The van der Waals surface area contributed by atoms with Crippen LogP contribution in [0.5, 0.6) is 0 Å². The van der Waals surface area contributed by atoms with Crippen LogP contribution in [-0.2, 0) is 0 Å². The van der Waals surface area contributed by atoms with Crippen LogP contribution in [0.4, 0.5) is 5.13 Å². The second-order valence-electron chi connectivity index (χ2n) is 3.27. The lowest BCUT2D eigenvalue weighted by molar-refractivity contribution is 0.100. The first kappa shape index (κ1) is 12.6. The van der Waals surface area contributed by atoms with Gasteiger partial charge in [-0.05, 0) is 0 Å². The summed E-state index contributed by atoms with van der Waals surface area (Å²) in [7, 11) is 0. The summed E-state index contributed by atoms with van der Waals surface area (Å²) in [6, 6.07) is 0. The minimum absolute atomic E-state index is 0.124. The summed E-state index contributed by atoms with van der Waals surface area (Å²) in [5.74, 6) is -0.610. The zero-order valence-electron chi connectivity index (χ0n) is 9.18. The molecule has 0 atom stereocenters. The van der Waals surface area contributed by atoms with Crippen molar-refractivity contribution in [2.45, 2.75) is 6.92 Å². The molecule has 1 amide bonds. The summed E-state index contributed by atoms with van der Waals surface area (Å²) >= 11 is 6.73. The average molecular weight is 283 g/mol. The van der Waals surface area contributed by atoms with Gasteiger partial charge in [-0.25, -0.2) is 15.0 Å². The fourth-order valence-electron chi connectivity index (χ4n) is 1.08. The number of rotatable bonds is 3.